The summed E-state index contributed by atoms with van der Waals surface area (Å²) in [5.74, 6) is -0.894. The molecule has 0 aromatic heterocycles. The Labute approximate surface area is 112 Å². The van der Waals surface area contributed by atoms with E-state index in [4.69, 9.17) is 9.84 Å². The van der Waals surface area contributed by atoms with Gasteiger partial charge >= 0.3 is 5.97 Å². The molecule has 0 amide bonds. The van der Waals surface area contributed by atoms with Gasteiger partial charge in [-0.1, -0.05) is 12.1 Å². The van der Waals surface area contributed by atoms with Gasteiger partial charge in [0, 0.05) is 13.1 Å². The van der Waals surface area contributed by atoms with Crippen molar-refractivity contribution in [3.8, 4) is 0 Å². The number of carboxylic acid groups (broad SMARTS) is 1. The maximum atomic E-state index is 11.2. The number of rotatable bonds is 5. The van der Waals surface area contributed by atoms with E-state index in [1.807, 2.05) is 12.1 Å². The molecule has 1 saturated heterocycles. The third-order valence-electron chi connectivity index (χ3n) is 3.36. The molecule has 1 aliphatic rings. The zero-order valence-electron chi connectivity index (χ0n) is 10.8. The van der Waals surface area contributed by atoms with Crippen molar-refractivity contribution >= 4 is 11.7 Å². The highest BCUT2D eigenvalue weighted by molar-refractivity contribution is 5.94. The molecular weight excluding hydrogens is 246 g/mol. The lowest BCUT2D eigenvalue weighted by molar-refractivity contribution is 0.0159. The Kier molecular flexibility index (Phi) is 4.76. The molecule has 1 aliphatic heterocycles. The van der Waals surface area contributed by atoms with Crippen molar-refractivity contribution in [2.75, 3.05) is 31.2 Å². The Morgan fingerprint density at radius 2 is 2.00 bits per heavy atom. The number of hydrogen-bond donors (Lipinski definition) is 2. The third-order valence-corrected chi connectivity index (χ3v) is 3.36. The van der Waals surface area contributed by atoms with Crippen molar-refractivity contribution in [2.45, 2.75) is 18.9 Å². The van der Waals surface area contributed by atoms with E-state index >= 15 is 0 Å². The lowest BCUT2D eigenvalue weighted by Crippen LogP contribution is -2.38. The van der Waals surface area contributed by atoms with Crippen LogP contribution >= 0.6 is 0 Å². The van der Waals surface area contributed by atoms with Gasteiger partial charge in [0.2, 0.25) is 0 Å². The summed E-state index contributed by atoms with van der Waals surface area (Å²) in [5, 5.41) is 17.9. The normalized spacial score (nSPS) is 16.6. The molecule has 1 aromatic rings. The van der Waals surface area contributed by atoms with Crippen molar-refractivity contribution < 1.29 is 19.7 Å². The van der Waals surface area contributed by atoms with E-state index in [2.05, 4.69) is 4.90 Å². The molecule has 0 aliphatic carbocycles. The van der Waals surface area contributed by atoms with Crippen LogP contribution in [0.3, 0.4) is 0 Å². The van der Waals surface area contributed by atoms with Crippen LogP contribution in [-0.2, 0) is 4.74 Å². The molecular formula is C14H19NO4. The fourth-order valence-electron chi connectivity index (χ4n) is 2.41. The Morgan fingerprint density at radius 3 is 2.63 bits per heavy atom. The van der Waals surface area contributed by atoms with E-state index in [9.17, 15) is 9.90 Å². The minimum Gasteiger partial charge on any atom is -0.478 e. The van der Waals surface area contributed by atoms with Crippen LogP contribution in [0.25, 0.3) is 0 Å². The molecule has 1 fully saturated rings. The first-order valence-corrected chi connectivity index (χ1v) is 6.52. The number of piperidine rings is 1. The minimum absolute atomic E-state index is 0.0437. The topological polar surface area (TPSA) is 70.0 Å². The van der Waals surface area contributed by atoms with E-state index in [0.717, 1.165) is 31.6 Å². The molecule has 0 spiro atoms. The monoisotopic (exact) mass is 265 g/mol. The quantitative estimate of drug-likeness (QED) is 0.841. The third kappa shape index (κ3) is 3.45. The average molecular weight is 265 g/mol. The summed E-state index contributed by atoms with van der Waals surface area (Å²) in [6.07, 6.45) is 1.88. The first kappa shape index (κ1) is 13.8. The van der Waals surface area contributed by atoms with E-state index in [1.54, 1.807) is 12.1 Å². The summed E-state index contributed by atoms with van der Waals surface area (Å²) in [5.41, 5.74) is 1.12. The van der Waals surface area contributed by atoms with Gasteiger partial charge in [-0.3, -0.25) is 0 Å². The molecule has 0 atom stereocenters. The highest BCUT2D eigenvalue weighted by Crippen LogP contribution is 2.25. The van der Waals surface area contributed by atoms with Gasteiger partial charge in [0.1, 0.15) is 0 Å². The van der Waals surface area contributed by atoms with Gasteiger partial charge in [0.25, 0.3) is 0 Å². The second kappa shape index (κ2) is 6.54. The highest BCUT2D eigenvalue weighted by atomic mass is 16.5. The summed E-state index contributed by atoms with van der Waals surface area (Å²) < 4.78 is 5.50. The summed E-state index contributed by atoms with van der Waals surface area (Å²) in [6, 6.07) is 7.07. The van der Waals surface area contributed by atoms with Gasteiger partial charge in [-0.2, -0.15) is 0 Å². The fraction of sp³-hybridized carbons (Fsp3) is 0.500. The minimum atomic E-state index is -0.894. The van der Waals surface area contributed by atoms with E-state index < -0.39 is 5.97 Å². The molecule has 19 heavy (non-hydrogen) atoms. The maximum absolute atomic E-state index is 11.2. The number of carbonyl (C=O) groups is 1. The molecule has 0 radical (unpaired) electrons. The number of aromatic carboxylic acids is 1. The Bertz CT molecular complexity index is 427. The van der Waals surface area contributed by atoms with Crippen LogP contribution in [0.4, 0.5) is 5.69 Å². The van der Waals surface area contributed by atoms with Crippen molar-refractivity contribution in [3.05, 3.63) is 29.8 Å². The van der Waals surface area contributed by atoms with Crippen molar-refractivity contribution in [2.24, 2.45) is 0 Å². The summed E-state index contributed by atoms with van der Waals surface area (Å²) in [7, 11) is 0. The number of carboxylic acids is 1. The summed E-state index contributed by atoms with van der Waals surface area (Å²) in [6.45, 7) is 1.97. The second-order valence-corrected chi connectivity index (χ2v) is 4.60. The Balaban J connectivity index is 2.00. The van der Waals surface area contributed by atoms with Crippen molar-refractivity contribution in [1.29, 1.82) is 0 Å². The number of para-hydroxylation sites is 1. The van der Waals surface area contributed by atoms with Gasteiger partial charge in [0.15, 0.2) is 0 Å². The number of anilines is 1. The van der Waals surface area contributed by atoms with Gasteiger partial charge in [-0.15, -0.1) is 0 Å². The summed E-state index contributed by atoms with van der Waals surface area (Å²) in [4.78, 5) is 13.3. The van der Waals surface area contributed by atoms with Crippen LogP contribution in [-0.4, -0.2) is 48.6 Å². The Hall–Kier alpha value is -1.59. The SMILES string of the molecule is O=C(O)c1ccccc1N1CCC(OCCO)CC1. The van der Waals surface area contributed by atoms with Crippen molar-refractivity contribution in [1.82, 2.24) is 0 Å². The molecule has 0 saturated carbocycles. The highest BCUT2D eigenvalue weighted by Gasteiger charge is 2.22. The average Bonchev–Trinajstić information content (AvgIpc) is 2.45. The number of benzene rings is 1. The lowest BCUT2D eigenvalue weighted by atomic mass is 10.0. The van der Waals surface area contributed by atoms with E-state index in [1.165, 1.54) is 0 Å². The van der Waals surface area contributed by atoms with E-state index in [0.29, 0.717) is 12.2 Å². The Morgan fingerprint density at radius 1 is 1.32 bits per heavy atom. The molecule has 2 N–H and O–H groups in total. The molecule has 104 valence electrons. The zero-order valence-corrected chi connectivity index (χ0v) is 10.8. The smallest absolute Gasteiger partial charge is 0.337 e. The lowest BCUT2D eigenvalue weighted by Gasteiger charge is -2.34. The standard InChI is InChI=1S/C14H19NO4/c16-9-10-19-11-5-7-15(8-6-11)13-4-2-1-3-12(13)14(17)18/h1-4,11,16H,5-10H2,(H,17,18). The predicted molar refractivity (Wildman–Crippen MR) is 71.7 cm³/mol. The molecule has 1 heterocycles. The predicted octanol–water partition coefficient (Wildman–Crippen LogP) is 1.36. The van der Waals surface area contributed by atoms with Crippen LogP contribution in [0.15, 0.2) is 24.3 Å². The number of nitrogens with zero attached hydrogens (tertiary/aromatic N) is 1. The first-order chi connectivity index (χ1) is 9.22. The van der Waals surface area contributed by atoms with Crippen LogP contribution < -0.4 is 4.90 Å². The largest absolute Gasteiger partial charge is 0.478 e. The molecule has 5 heteroatoms. The maximum Gasteiger partial charge on any atom is 0.337 e. The molecule has 5 nitrogen and oxygen atoms in total. The van der Waals surface area contributed by atoms with Crippen LogP contribution in [0.2, 0.25) is 0 Å². The van der Waals surface area contributed by atoms with Crippen molar-refractivity contribution in [3.63, 3.8) is 0 Å². The number of hydrogen-bond acceptors (Lipinski definition) is 4. The van der Waals surface area contributed by atoms with Crippen LogP contribution in [0.5, 0.6) is 0 Å². The number of aliphatic hydroxyl groups excluding tert-OH is 1. The van der Waals surface area contributed by atoms with Crippen LogP contribution in [0.1, 0.15) is 23.2 Å². The molecule has 0 unspecified atom stereocenters. The summed E-state index contributed by atoms with van der Waals surface area (Å²) >= 11 is 0. The van der Waals surface area contributed by atoms with Gasteiger partial charge in [0.05, 0.1) is 30.6 Å². The van der Waals surface area contributed by atoms with Crippen LogP contribution in [0, 0.1) is 0 Å². The second-order valence-electron chi connectivity index (χ2n) is 4.60. The molecule has 0 bridgehead atoms. The van der Waals surface area contributed by atoms with Gasteiger partial charge in [-0.25, -0.2) is 4.79 Å². The fourth-order valence-corrected chi connectivity index (χ4v) is 2.41. The number of ether oxygens (including phenoxy) is 1. The van der Waals surface area contributed by atoms with E-state index in [-0.39, 0.29) is 12.7 Å². The first-order valence-electron chi connectivity index (χ1n) is 6.52. The zero-order chi connectivity index (χ0) is 13.7. The number of aliphatic hydroxyl groups is 1. The van der Waals surface area contributed by atoms with Gasteiger partial charge < -0.3 is 19.8 Å². The van der Waals surface area contributed by atoms with Gasteiger partial charge in [-0.05, 0) is 25.0 Å². The molecule has 2 rings (SSSR count). The molecule has 1 aromatic carbocycles.